The Labute approximate surface area is 112 Å². The second kappa shape index (κ2) is 6.53. The highest BCUT2D eigenvalue weighted by Crippen LogP contribution is 2.29. The number of anilines is 1. The summed E-state index contributed by atoms with van der Waals surface area (Å²) in [6, 6.07) is 1.60. The Morgan fingerprint density at radius 2 is 2.20 bits per heavy atom. The number of ether oxygens (including phenoxy) is 1. The quantitative estimate of drug-likeness (QED) is 0.714. The Morgan fingerprint density at radius 3 is 2.70 bits per heavy atom. The van der Waals surface area contributed by atoms with Crippen LogP contribution in [0.4, 0.5) is 19.0 Å². The first kappa shape index (κ1) is 16.2. The summed E-state index contributed by atoms with van der Waals surface area (Å²) in [4.78, 5) is 14.4. The Bertz CT molecular complexity index is 480. The molecule has 112 valence electrons. The van der Waals surface area contributed by atoms with Crippen LogP contribution in [0.1, 0.15) is 16.1 Å². The number of rotatable bonds is 6. The zero-order valence-electron chi connectivity index (χ0n) is 10.6. The largest absolute Gasteiger partial charge is 0.433 e. The molecule has 1 heterocycles. The summed E-state index contributed by atoms with van der Waals surface area (Å²) in [6.07, 6.45) is -5.60. The molecule has 0 spiro atoms. The smallest absolute Gasteiger partial charge is 0.389 e. The molecule has 0 aliphatic carbocycles. The van der Waals surface area contributed by atoms with Gasteiger partial charge in [0.05, 0.1) is 18.3 Å². The number of nitrogens with two attached hydrogens (primary N) is 1. The number of hydrogen-bond donors (Lipinski definition) is 3. The molecule has 0 bridgehead atoms. The van der Waals surface area contributed by atoms with Crippen LogP contribution in [0.25, 0.3) is 0 Å². The Kier molecular flexibility index (Phi) is 5.28. The molecule has 4 N–H and O–H groups in total. The molecule has 1 aromatic heterocycles. The van der Waals surface area contributed by atoms with Crippen molar-refractivity contribution in [3.05, 3.63) is 23.4 Å². The molecule has 20 heavy (non-hydrogen) atoms. The molecule has 1 aromatic rings. The molecule has 1 rings (SSSR count). The fourth-order valence-corrected chi connectivity index (χ4v) is 1.42. The number of amides is 1. The van der Waals surface area contributed by atoms with Crippen molar-refractivity contribution in [3.8, 4) is 0 Å². The van der Waals surface area contributed by atoms with E-state index in [-0.39, 0.29) is 24.5 Å². The van der Waals surface area contributed by atoms with Crippen LogP contribution in [0.5, 0.6) is 0 Å². The van der Waals surface area contributed by atoms with Crippen molar-refractivity contribution in [1.82, 2.24) is 4.98 Å². The van der Waals surface area contributed by atoms with E-state index >= 15 is 0 Å². The normalized spacial score (nSPS) is 13.1. The van der Waals surface area contributed by atoms with E-state index in [1.54, 1.807) is 0 Å². The average molecular weight is 293 g/mol. The van der Waals surface area contributed by atoms with Gasteiger partial charge in [0.15, 0.2) is 0 Å². The number of carbonyl (C=O) groups excluding carboxylic acids is 1. The van der Waals surface area contributed by atoms with Gasteiger partial charge in [0, 0.05) is 13.7 Å². The topological polar surface area (TPSA) is 97.5 Å². The number of nitrogens with one attached hydrogen (secondary N) is 1. The van der Waals surface area contributed by atoms with Crippen LogP contribution in [0, 0.1) is 0 Å². The number of halogens is 3. The van der Waals surface area contributed by atoms with E-state index in [4.69, 9.17) is 5.73 Å². The van der Waals surface area contributed by atoms with Gasteiger partial charge in [-0.25, -0.2) is 4.98 Å². The molecule has 1 atom stereocenters. The van der Waals surface area contributed by atoms with Gasteiger partial charge < -0.3 is 20.9 Å². The third kappa shape index (κ3) is 4.35. The van der Waals surface area contributed by atoms with E-state index in [2.05, 4.69) is 15.0 Å². The summed E-state index contributed by atoms with van der Waals surface area (Å²) < 4.78 is 42.3. The number of carbonyl (C=O) groups is 1. The highest BCUT2D eigenvalue weighted by Gasteiger charge is 2.33. The van der Waals surface area contributed by atoms with Crippen molar-refractivity contribution in [2.45, 2.75) is 12.3 Å². The summed E-state index contributed by atoms with van der Waals surface area (Å²) in [6.45, 7) is -0.152. The number of methoxy groups -OCH3 is 1. The molecular weight excluding hydrogens is 279 g/mol. The molecule has 6 nitrogen and oxygen atoms in total. The van der Waals surface area contributed by atoms with Gasteiger partial charge in [0.25, 0.3) is 5.91 Å². The van der Waals surface area contributed by atoms with Gasteiger partial charge in [0.2, 0.25) is 0 Å². The lowest BCUT2D eigenvalue weighted by Gasteiger charge is -2.15. The van der Waals surface area contributed by atoms with Crippen LogP contribution in [-0.4, -0.2) is 42.4 Å². The number of nitrogens with zero attached hydrogens (tertiary/aromatic N) is 1. The van der Waals surface area contributed by atoms with Crippen LogP contribution < -0.4 is 11.1 Å². The van der Waals surface area contributed by atoms with E-state index in [0.29, 0.717) is 6.07 Å². The maximum Gasteiger partial charge on any atom is 0.433 e. The van der Waals surface area contributed by atoms with E-state index in [9.17, 15) is 23.1 Å². The first-order valence-corrected chi connectivity index (χ1v) is 5.54. The van der Waals surface area contributed by atoms with Crippen LogP contribution in [0.2, 0.25) is 0 Å². The Hall–Kier alpha value is -1.87. The lowest BCUT2D eigenvalue weighted by atomic mass is 10.2. The predicted molar refractivity (Wildman–Crippen MR) is 64.1 cm³/mol. The molecule has 0 radical (unpaired) electrons. The van der Waals surface area contributed by atoms with Gasteiger partial charge >= 0.3 is 6.18 Å². The number of aromatic nitrogens is 1. The summed E-state index contributed by atoms with van der Waals surface area (Å²) in [5.74, 6) is -1.25. The van der Waals surface area contributed by atoms with Gasteiger partial charge in [0.1, 0.15) is 11.5 Å². The third-order valence-corrected chi connectivity index (χ3v) is 2.32. The fourth-order valence-electron chi connectivity index (χ4n) is 1.42. The minimum absolute atomic E-state index is 0.0160. The minimum atomic E-state index is -4.64. The number of alkyl halides is 3. The molecule has 0 aliphatic heterocycles. The van der Waals surface area contributed by atoms with E-state index in [0.717, 1.165) is 6.07 Å². The second-order valence-electron chi connectivity index (χ2n) is 3.94. The maximum atomic E-state index is 12.5. The van der Waals surface area contributed by atoms with E-state index in [1.807, 2.05) is 0 Å². The van der Waals surface area contributed by atoms with Gasteiger partial charge in [-0.1, -0.05) is 0 Å². The molecule has 0 saturated heterocycles. The number of aliphatic hydroxyl groups excluding tert-OH is 1. The molecule has 1 unspecified atom stereocenters. The van der Waals surface area contributed by atoms with Crippen molar-refractivity contribution in [2.75, 3.05) is 25.6 Å². The van der Waals surface area contributed by atoms with Gasteiger partial charge in [-0.3, -0.25) is 4.79 Å². The van der Waals surface area contributed by atoms with Crippen molar-refractivity contribution in [1.29, 1.82) is 0 Å². The van der Waals surface area contributed by atoms with Crippen molar-refractivity contribution < 1.29 is 27.8 Å². The Morgan fingerprint density at radius 1 is 1.55 bits per heavy atom. The molecule has 0 aliphatic rings. The molecule has 9 heteroatoms. The number of aliphatic hydroxyl groups is 1. The maximum absolute atomic E-state index is 12.5. The first-order valence-electron chi connectivity index (χ1n) is 5.54. The van der Waals surface area contributed by atoms with Crippen LogP contribution in [0.3, 0.4) is 0 Å². The fraction of sp³-hybridized carbons (Fsp3) is 0.455. The monoisotopic (exact) mass is 293 g/mol. The van der Waals surface area contributed by atoms with Crippen molar-refractivity contribution in [2.24, 2.45) is 5.73 Å². The van der Waals surface area contributed by atoms with E-state index < -0.39 is 23.9 Å². The van der Waals surface area contributed by atoms with Gasteiger partial charge in [-0.05, 0) is 12.1 Å². The molecule has 0 fully saturated rings. The number of pyridine rings is 1. The van der Waals surface area contributed by atoms with Crippen LogP contribution in [0.15, 0.2) is 12.1 Å². The van der Waals surface area contributed by atoms with Crippen molar-refractivity contribution in [3.63, 3.8) is 0 Å². The standard InChI is InChI=1S/C11H14F3N3O3/c1-20-5-6(18)4-16-10-7(9(15)19)2-3-8(17-10)11(12,13)14/h2-3,6,18H,4-5H2,1H3,(H2,15,19)(H,16,17). The zero-order valence-corrected chi connectivity index (χ0v) is 10.6. The summed E-state index contributed by atoms with van der Waals surface area (Å²) in [5.41, 5.74) is 3.70. The average Bonchev–Trinajstić information content (AvgIpc) is 2.35. The summed E-state index contributed by atoms with van der Waals surface area (Å²) in [5, 5.41) is 11.9. The number of primary amides is 1. The first-order chi connectivity index (χ1) is 9.25. The second-order valence-corrected chi connectivity index (χ2v) is 3.94. The highest BCUT2D eigenvalue weighted by molar-refractivity contribution is 5.97. The van der Waals surface area contributed by atoms with Crippen LogP contribution >= 0.6 is 0 Å². The number of hydrogen-bond acceptors (Lipinski definition) is 5. The van der Waals surface area contributed by atoms with E-state index in [1.165, 1.54) is 7.11 Å². The zero-order chi connectivity index (χ0) is 15.3. The van der Waals surface area contributed by atoms with Crippen molar-refractivity contribution >= 4 is 11.7 Å². The highest BCUT2D eigenvalue weighted by atomic mass is 19.4. The lowest BCUT2D eigenvalue weighted by molar-refractivity contribution is -0.141. The molecular formula is C11H14F3N3O3. The minimum Gasteiger partial charge on any atom is -0.389 e. The summed E-state index contributed by atoms with van der Waals surface area (Å²) in [7, 11) is 1.36. The van der Waals surface area contributed by atoms with Crippen LogP contribution in [-0.2, 0) is 10.9 Å². The molecule has 1 amide bonds. The van der Waals surface area contributed by atoms with Gasteiger partial charge in [-0.15, -0.1) is 0 Å². The SMILES string of the molecule is COCC(O)CNc1nc(C(F)(F)F)ccc1C(N)=O. The lowest BCUT2D eigenvalue weighted by Crippen LogP contribution is -2.26. The summed E-state index contributed by atoms with van der Waals surface area (Å²) >= 11 is 0. The molecule has 0 saturated carbocycles. The third-order valence-electron chi connectivity index (χ3n) is 2.32. The predicted octanol–water partition coefficient (Wildman–Crippen LogP) is 0.619. The van der Waals surface area contributed by atoms with Gasteiger partial charge in [-0.2, -0.15) is 13.2 Å². The molecule has 0 aromatic carbocycles. The Balaban J connectivity index is 2.98.